The van der Waals surface area contributed by atoms with Gasteiger partial charge in [-0.15, -0.1) is 0 Å². The molecule has 2 aromatic rings. The van der Waals surface area contributed by atoms with Crippen LogP contribution in [0.25, 0.3) is 0 Å². The molecule has 1 aromatic heterocycles. The number of imidazole rings is 1. The molecule has 9 nitrogen and oxygen atoms in total. The number of hydrogen-bond donors (Lipinski definition) is 4. The first kappa shape index (κ1) is 22.5. The minimum Gasteiger partial charge on any atom is -0.368 e. The first-order chi connectivity index (χ1) is 14.8. The molecule has 0 spiro atoms. The summed E-state index contributed by atoms with van der Waals surface area (Å²) in [5, 5.41) is 2.80. The third-order valence-corrected chi connectivity index (χ3v) is 5.51. The maximum atomic E-state index is 13.5. The zero-order chi connectivity index (χ0) is 22.5. The van der Waals surface area contributed by atoms with Crippen LogP contribution >= 0.6 is 0 Å². The van der Waals surface area contributed by atoms with E-state index in [0.29, 0.717) is 12.8 Å². The molecule has 0 saturated heterocycles. The Bertz CT molecular complexity index is 927. The number of nitrogens with zero attached hydrogens (tertiary/aromatic N) is 2. The van der Waals surface area contributed by atoms with Crippen molar-refractivity contribution in [1.29, 1.82) is 0 Å². The number of aromatic amines is 1. The van der Waals surface area contributed by atoms with Gasteiger partial charge in [0.15, 0.2) is 0 Å². The summed E-state index contributed by atoms with van der Waals surface area (Å²) in [4.78, 5) is 46.7. The quantitative estimate of drug-likeness (QED) is 0.478. The van der Waals surface area contributed by atoms with Gasteiger partial charge in [-0.3, -0.25) is 14.4 Å². The number of nitrogens with two attached hydrogens (primary N) is 2. The lowest BCUT2D eigenvalue weighted by molar-refractivity contribution is -0.144. The molecule has 0 fully saturated rings. The summed E-state index contributed by atoms with van der Waals surface area (Å²) in [6.07, 6.45) is 4.18. The largest absolute Gasteiger partial charge is 0.368 e. The van der Waals surface area contributed by atoms with Crippen molar-refractivity contribution < 1.29 is 14.4 Å². The summed E-state index contributed by atoms with van der Waals surface area (Å²) in [5.41, 5.74) is 14.4. The first-order valence-corrected chi connectivity index (χ1v) is 10.5. The summed E-state index contributed by atoms with van der Waals surface area (Å²) in [6.45, 7) is 4.20. The third-order valence-electron chi connectivity index (χ3n) is 5.51. The summed E-state index contributed by atoms with van der Waals surface area (Å²) < 4.78 is 0. The number of amides is 3. The summed E-state index contributed by atoms with van der Waals surface area (Å²) >= 11 is 0. The van der Waals surface area contributed by atoms with E-state index in [1.54, 1.807) is 6.20 Å². The Balaban J connectivity index is 1.78. The van der Waals surface area contributed by atoms with Gasteiger partial charge in [-0.2, -0.15) is 0 Å². The van der Waals surface area contributed by atoms with Crippen LogP contribution in [0.3, 0.4) is 0 Å². The molecule has 1 aliphatic heterocycles. The van der Waals surface area contributed by atoms with Crippen LogP contribution in [-0.4, -0.2) is 50.7 Å². The molecule has 9 heteroatoms. The highest BCUT2D eigenvalue weighted by Crippen LogP contribution is 2.25. The van der Waals surface area contributed by atoms with Crippen molar-refractivity contribution in [3.05, 3.63) is 53.6 Å². The normalized spacial score (nSPS) is 17.7. The average Bonchev–Trinajstić information content (AvgIpc) is 3.24. The van der Waals surface area contributed by atoms with Crippen molar-refractivity contribution in [1.82, 2.24) is 20.2 Å². The fourth-order valence-electron chi connectivity index (χ4n) is 3.91. The molecule has 3 atom stereocenters. The Hall–Kier alpha value is -3.20. The number of hydrogen-bond acceptors (Lipinski definition) is 5. The van der Waals surface area contributed by atoms with Gasteiger partial charge >= 0.3 is 0 Å². The first-order valence-electron chi connectivity index (χ1n) is 10.5. The van der Waals surface area contributed by atoms with E-state index in [4.69, 9.17) is 11.5 Å². The van der Waals surface area contributed by atoms with Crippen molar-refractivity contribution in [3.63, 3.8) is 0 Å². The molecule has 3 rings (SSSR count). The molecule has 1 aromatic carbocycles. The average molecular weight is 427 g/mol. The molecule has 2 heterocycles. The van der Waals surface area contributed by atoms with Gasteiger partial charge in [0, 0.05) is 31.3 Å². The van der Waals surface area contributed by atoms with Gasteiger partial charge in [-0.25, -0.2) is 4.98 Å². The van der Waals surface area contributed by atoms with Crippen molar-refractivity contribution in [2.75, 3.05) is 0 Å². The summed E-state index contributed by atoms with van der Waals surface area (Å²) in [7, 11) is 0. The smallest absolute Gasteiger partial charge is 0.246 e. The number of primary amides is 1. The number of H-pyrrole nitrogens is 1. The van der Waals surface area contributed by atoms with Crippen molar-refractivity contribution >= 4 is 17.7 Å². The number of nitrogens with one attached hydrogen (secondary N) is 2. The Labute approximate surface area is 181 Å². The fraction of sp³-hybridized carbons (Fsp3) is 0.455. The Morgan fingerprint density at radius 1 is 1.26 bits per heavy atom. The number of fused-ring (bicyclic) bond motifs is 1. The van der Waals surface area contributed by atoms with Crippen LogP contribution in [-0.2, 0) is 33.8 Å². The lowest BCUT2D eigenvalue weighted by Gasteiger charge is -2.37. The second kappa shape index (κ2) is 9.74. The molecule has 0 aliphatic carbocycles. The van der Waals surface area contributed by atoms with Crippen LogP contribution in [0.2, 0.25) is 0 Å². The Morgan fingerprint density at radius 2 is 1.97 bits per heavy atom. The topological polar surface area (TPSA) is 147 Å². The molecular formula is C22H30N6O3. The molecule has 0 radical (unpaired) electrons. The number of rotatable bonds is 8. The van der Waals surface area contributed by atoms with Crippen LogP contribution in [0.4, 0.5) is 0 Å². The Morgan fingerprint density at radius 3 is 2.58 bits per heavy atom. The van der Waals surface area contributed by atoms with E-state index in [-0.39, 0.29) is 24.8 Å². The minimum atomic E-state index is -0.836. The molecule has 0 bridgehead atoms. The molecule has 0 unspecified atom stereocenters. The predicted molar refractivity (Wildman–Crippen MR) is 115 cm³/mol. The van der Waals surface area contributed by atoms with Gasteiger partial charge in [-0.1, -0.05) is 38.1 Å². The summed E-state index contributed by atoms with van der Waals surface area (Å²) in [5.74, 6) is -1.17. The zero-order valence-electron chi connectivity index (χ0n) is 17.9. The van der Waals surface area contributed by atoms with E-state index in [9.17, 15) is 14.4 Å². The molecule has 166 valence electrons. The van der Waals surface area contributed by atoms with Gasteiger partial charge in [0.05, 0.1) is 12.4 Å². The fourth-order valence-corrected chi connectivity index (χ4v) is 3.91. The molecule has 3 amide bonds. The van der Waals surface area contributed by atoms with Gasteiger partial charge < -0.3 is 26.7 Å². The number of carbonyl (C=O) groups is 3. The lowest BCUT2D eigenvalue weighted by Crippen LogP contribution is -2.58. The second-order valence-electron chi connectivity index (χ2n) is 8.44. The zero-order valence-corrected chi connectivity index (χ0v) is 17.9. The van der Waals surface area contributed by atoms with Crippen molar-refractivity contribution in [3.8, 4) is 0 Å². The van der Waals surface area contributed by atoms with E-state index < -0.39 is 29.9 Å². The maximum absolute atomic E-state index is 13.5. The van der Waals surface area contributed by atoms with E-state index in [1.807, 2.05) is 38.1 Å². The molecule has 0 saturated carbocycles. The van der Waals surface area contributed by atoms with Crippen LogP contribution in [0.1, 0.15) is 37.1 Å². The van der Waals surface area contributed by atoms with Gasteiger partial charge in [-0.05, 0) is 23.5 Å². The molecule has 6 N–H and O–H groups in total. The monoisotopic (exact) mass is 426 g/mol. The lowest BCUT2D eigenvalue weighted by atomic mass is 9.92. The second-order valence-corrected chi connectivity index (χ2v) is 8.44. The molecular weight excluding hydrogens is 396 g/mol. The number of carbonyl (C=O) groups excluding carboxylic acids is 3. The van der Waals surface area contributed by atoms with Crippen molar-refractivity contribution in [2.24, 2.45) is 17.4 Å². The SMILES string of the molecule is CC(C)C[C@H](NC(=O)[C@@H](N)Cc1cnc[nH]1)C(=O)N1Cc2ccccc2C[C@H]1C(N)=O. The van der Waals surface area contributed by atoms with Crippen LogP contribution in [0.15, 0.2) is 36.8 Å². The van der Waals surface area contributed by atoms with E-state index in [1.165, 1.54) is 11.2 Å². The minimum absolute atomic E-state index is 0.141. The highest BCUT2D eigenvalue weighted by atomic mass is 16.2. The van der Waals surface area contributed by atoms with Crippen molar-refractivity contribution in [2.45, 2.75) is 57.8 Å². The van der Waals surface area contributed by atoms with Gasteiger partial charge in [0.1, 0.15) is 12.1 Å². The van der Waals surface area contributed by atoms with Gasteiger partial charge in [0.2, 0.25) is 17.7 Å². The molecule has 1 aliphatic rings. The highest BCUT2D eigenvalue weighted by Gasteiger charge is 2.37. The van der Waals surface area contributed by atoms with Gasteiger partial charge in [0.25, 0.3) is 0 Å². The predicted octanol–water partition coefficient (Wildman–Crippen LogP) is 0.249. The van der Waals surface area contributed by atoms with Crippen LogP contribution in [0.5, 0.6) is 0 Å². The van der Waals surface area contributed by atoms with Crippen LogP contribution < -0.4 is 16.8 Å². The van der Waals surface area contributed by atoms with E-state index in [0.717, 1.165) is 16.8 Å². The number of aromatic nitrogens is 2. The standard InChI is InChI=1S/C22H30N6O3/c1-13(2)7-18(27-21(30)17(23)9-16-10-25-12-26-16)22(31)28-11-15-6-4-3-5-14(15)8-19(28)20(24)29/h3-6,10,12-13,17-19H,7-9,11,23H2,1-2H3,(H2,24,29)(H,25,26)(H,27,30)/t17-,18-,19-/m0/s1. The summed E-state index contributed by atoms with van der Waals surface area (Å²) in [6, 6.07) is 5.28. The Kier molecular flexibility index (Phi) is 7.06. The van der Waals surface area contributed by atoms with E-state index in [2.05, 4.69) is 15.3 Å². The highest BCUT2D eigenvalue weighted by molar-refractivity contribution is 5.93. The third kappa shape index (κ3) is 5.49. The molecule has 31 heavy (non-hydrogen) atoms. The maximum Gasteiger partial charge on any atom is 0.246 e. The number of benzene rings is 1. The van der Waals surface area contributed by atoms with E-state index >= 15 is 0 Å². The van der Waals surface area contributed by atoms with Crippen LogP contribution in [0, 0.1) is 5.92 Å².